The molecular formula is C24H23N7O3. The average molecular weight is 457 g/mol. The number of aromatic nitrogens is 6. The second-order valence-corrected chi connectivity index (χ2v) is 8.20. The van der Waals surface area contributed by atoms with E-state index in [-0.39, 0.29) is 23.6 Å². The van der Waals surface area contributed by atoms with E-state index in [9.17, 15) is 14.4 Å². The molecule has 10 nitrogen and oxygen atoms in total. The summed E-state index contributed by atoms with van der Waals surface area (Å²) in [7, 11) is 2.94. The van der Waals surface area contributed by atoms with Gasteiger partial charge in [-0.25, -0.2) is 14.8 Å². The van der Waals surface area contributed by atoms with Crippen molar-refractivity contribution in [3.63, 3.8) is 0 Å². The molecule has 2 N–H and O–H groups in total. The minimum Gasteiger partial charge on any atom is -0.344 e. The molecule has 10 heteroatoms. The van der Waals surface area contributed by atoms with Gasteiger partial charge in [-0.05, 0) is 24.1 Å². The normalized spacial score (nSPS) is 12.3. The molecule has 3 aromatic heterocycles. The second-order valence-electron chi connectivity index (χ2n) is 8.20. The summed E-state index contributed by atoms with van der Waals surface area (Å²) in [5.74, 6) is 0.337. The lowest BCUT2D eigenvalue weighted by Crippen LogP contribution is -2.38. The molecule has 0 spiro atoms. The van der Waals surface area contributed by atoms with Gasteiger partial charge in [0.1, 0.15) is 12.4 Å². The maximum Gasteiger partial charge on any atom is 0.332 e. The van der Waals surface area contributed by atoms with E-state index in [0.717, 1.165) is 21.2 Å². The Bertz CT molecular complexity index is 1590. The third-order valence-corrected chi connectivity index (χ3v) is 5.89. The molecule has 1 unspecified atom stereocenters. The van der Waals surface area contributed by atoms with E-state index >= 15 is 0 Å². The average Bonchev–Trinajstić information content (AvgIpc) is 3.46. The molecule has 0 fully saturated rings. The lowest BCUT2D eigenvalue weighted by atomic mass is 10.1. The van der Waals surface area contributed by atoms with Gasteiger partial charge in [-0.2, -0.15) is 0 Å². The van der Waals surface area contributed by atoms with Crippen molar-refractivity contribution < 1.29 is 4.79 Å². The minimum atomic E-state index is -0.499. The number of benzene rings is 2. The predicted octanol–water partition coefficient (Wildman–Crippen LogP) is 1.41. The molecule has 1 atom stereocenters. The molecule has 0 radical (unpaired) electrons. The number of H-pyrrole nitrogens is 1. The Morgan fingerprint density at radius 1 is 1.03 bits per heavy atom. The van der Waals surface area contributed by atoms with Gasteiger partial charge < -0.3 is 14.9 Å². The van der Waals surface area contributed by atoms with Crippen LogP contribution in [0, 0.1) is 0 Å². The van der Waals surface area contributed by atoms with Gasteiger partial charge >= 0.3 is 5.69 Å². The van der Waals surface area contributed by atoms with Gasteiger partial charge in [0.2, 0.25) is 5.91 Å². The van der Waals surface area contributed by atoms with Crippen molar-refractivity contribution in [2.24, 2.45) is 14.1 Å². The number of para-hydroxylation sites is 2. The molecule has 172 valence electrons. The van der Waals surface area contributed by atoms with E-state index in [4.69, 9.17) is 0 Å². The van der Waals surface area contributed by atoms with Crippen molar-refractivity contribution in [1.29, 1.82) is 0 Å². The zero-order valence-corrected chi connectivity index (χ0v) is 18.7. The van der Waals surface area contributed by atoms with Crippen LogP contribution in [-0.4, -0.2) is 34.6 Å². The Hall–Kier alpha value is -4.47. The first-order chi connectivity index (χ1) is 16.4. The summed E-state index contributed by atoms with van der Waals surface area (Å²) in [6.07, 6.45) is 1.94. The van der Waals surface area contributed by atoms with E-state index < -0.39 is 17.3 Å². The number of imidazole rings is 2. The quantitative estimate of drug-likeness (QED) is 0.400. The van der Waals surface area contributed by atoms with Gasteiger partial charge in [0.15, 0.2) is 11.2 Å². The Morgan fingerprint density at radius 2 is 1.76 bits per heavy atom. The number of carbonyl (C=O) groups excluding carboxylic acids is 1. The summed E-state index contributed by atoms with van der Waals surface area (Å²) >= 11 is 0. The highest BCUT2D eigenvalue weighted by Crippen LogP contribution is 2.20. The van der Waals surface area contributed by atoms with E-state index in [2.05, 4.69) is 20.3 Å². The van der Waals surface area contributed by atoms with Crippen LogP contribution in [0.2, 0.25) is 0 Å². The highest BCUT2D eigenvalue weighted by atomic mass is 16.2. The fourth-order valence-corrected chi connectivity index (χ4v) is 4.11. The topological polar surface area (TPSA) is 120 Å². The van der Waals surface area contributed by atoms with Gasteiger partial charge in [-0.3, -0.25) is 18.7 Å². The van der Waals surface area contributed by atoms with Crippen LogP contribution in [0.15, 0.2) is 70.5 Å². The lowest BCUT2D eigenvalue weighted by Gasteiger charge is -2.17. The Balaban J connectivity index is 1.46. The molecule has 0 saturated carbocycles. The van der Waals surface area contributed by atoms with Crippen LogP contribution in [0.3, 0.4) is 0 Å². The molecule has 5 rings (SSSR count). The zero-order chi connectivity index (χ0) is 23.8. The van der Waals surface area contributed by atoms with Gasteiger partial charge in [-0.1, -0.05) is 42.5 Å². The maximum absolute atomic E-state index is 13.1. The molecule has 2 aromatic carbocycles. The molecule has 0 aliphatic rings. The third-order valence-electron chi connectivity index (χ3n) is 5.89. The van der Waals surface area contributed by atoms with Crippen molar-refractivity contribution in [2.75, 3.05) is 0 Å². The third kappa shape index (κ3) is 3.79. The fraction of sp³-hybridized carbons (Fsp3) is 0.208. The van der Waals surface area contributed by atoms with Crippen LogP contribution in [-0.2, 0) is 31.9 Å². The highest BCUT2D eigenvalue weighted by Gasteiger charge is 2.21. The summed E-state index contributed by atoms with van der Waals surface area (Å²) in [6.45, 7) is -0.130. The van der Waals surface area contributed by atoms with Crippen LogP contribution in [0.4, 0.5) is 0 Å². The fourth-order valence-electron chi connectivity index (χ4n) is 4.11. The Labute approximate surface area is 193 Å². The first-order valence-electron chi connectivity index (χ1n) is 10.8. The summed E-state index contributed by atoms with van der Waals surface area (Å²) < 4.78 is 3.76. The van der Waals surface area contributed by atoms with Crippen molar-refractivity contribution in [3.8, 4) is 0 Å². The number of nitrogens with one attached hydrogen (secondary N) is 2. The Kier molecular flexibility index (Phi) is 5.33. The molecular weight excluding hydrogens is 434 g/mol. The van der Waals surface area contributed by atoms with E-state index in [1.54, 1.807) is 7.05 Å². The number of aryl methyl sites for hydroxylation is 1. The molecule has 0 aliphatic carbocycles. The predicted molar refractivity (Wildman–Crippen MR) is 127 cm³/mol. The van der Waals surface area contributed by atoms with E-state index in [1.165, 1.54) is 22.5 Å². The summed E-state index contributed by atoms with van der Waals surface area (Å²) in [6, 6.07) is 17.1. The number of hydrogen-bond acceptors (Lipinski definition) is 5. The molecule has 0 aliphatic heterocycles. The number of hydrogen-bond donors (Lipinski definition) is 2. The van der Waals surface area contributed by atoms with Crippen molar-refractivity contribution >= 4 is 28.1 Å². The summed E-state index contributed by atoms with van der Waals surface area (Å²) in [5, 5.41) is 3.05. The number of rotatable bonds is 6. The first-order valence-corrected chi connectivity index (χ1v) is 10.8. The SMILES string of the molecule is Cn1c(=O)c2c(ncn2CC(=O)NC(Cc2ccccc2)c2nc3ccccc3[nH]2)n(C)c1=O. The summed E-state index contributed by atoms with van der Waals surface area (Å²) in [5.41, 5.74) is 2.21. The van der Waals surface area contributed by atoms with E-state index in [0.29, 0.717) is 12.2 Å². The number of aromatic amines is 1. The van der Waals surface area contributed by atoms with Gasteiger partial charge in [0, 0.05) is 14.1 Å². The number of nitrogens with zero attached hydrogens (tertiary/aromatic N) is 5. The number of carbonyl (C=O) groups is 1. The molecule has 0 bridgehead atoms. The molecule has 3 heterocycles. The van der Waals surface area contributed by atoms with Gasteiger partial charge in [0.05, 0.1) is 23.4 Å². The standard InChI is InChI=1S/C24H23N7O3/c1-29-22-20(23(33)30(2)24(29)34)31(14-25-22)13-19(32)26-18(12-15-8-4-3-5-9-15)21-27-16-10-6-7-11-17(16)28-21/h3-11,14,18H,12-13H2,1-2H3,(H,26,32)(H,27,28). The number of amides is 1. The largest absolute Gasteiger partial charge is 0.344 e. The minimum absolute atomic E-state index is 0.130. The maximum atomic E-state index is 13.1. The Morgan fingerprint density at radius 3 is 2.53 bits per heavy atom. The van der Waals surface area contributed by atoms with Gasteiger partial charge in [0.25, 0.3) is 5.56 Å². The molecule has 1 amide bonds. The van der Waals surface area contributed by atoms with Crippen LogP contribution in [0.25, 0.3) is 22.2 Å². The van der Waals surface area contributed by atoms with Crippen LogP contribution in [0.5, 0.6) is 0 Å². The van der Waals surface area contributed by atoms with Crippen molar-refractivity contribution in [1.82, 2.24) is 34.0 Å². The first kappa shape index (κ1) is 21.4. The van der Waals surface area contributed by atoms with Crippen LogP contribution < -0.4 is 16.6 Å². The zero-order valence-electron chi connectivity index (χ0n) is 18.7. The second kappa shape index (κ2) is 8.47. The van der Waals surface area contributed by atoms with Crippen molar-refractivity contribution in [2.45, 2.75) is 19.0 Å². The smallest absolute Gasteiger partial charge is 0.332 e. The number of fused-ring (bicyclic) bond motifs is 2. The van der Waals surface area contributed by atoms with Crippen LogP contribution >= 0.6 is 0 Å². The lowest BCUT2D eigenvalue weighted by molar-refractivity contribution is -0.122. The molecule has 34 heavy (non-hydrogen) atoms. The van der Waals surface area contributed by atoms with Crippen molar-refractivity contribution in [3.05, 3.63) is 93.2 Å². The monoisotopic (exact) mass is 457 g/mol. The molecule has 5 aromatic rings. The summed E-state index contributed by atoms with van der Waals surface area (Å²) in [4.78, 5) is 50.1. The van der Waals surface area contributed by atoms with Gasteiger partial charge in [-0.15, -0.1) is 0 Å². The van der Waals surface area contributed by atoms with E-state index in [1.807, 2.05) is 54.6 Å². The molecule has 0 saturated heterocycles. The van der Waals surface area contributed by atoms with Crippen LogP contribution in [0.1, 0.15) is 17.4 Å². The highest BCUT2D eigenvalue weighted by molar-refractivity contribution is 5.80.